The molecular weight excluding hydrogens is 197 g/mol. The summed E-state index contributed by atoms with van der Waals surface area (Å²) in [6.07, 6.45) is -4.65. The molecule has 0 aliphatic heterocycles. The summed E-state index contributed by atoms with van der Waals surface area (Å²) in [4.78, 5) is 0. The lowest BCUT2D eigenvalue weighted by Gasteiger charge is -2.16. The number of hydrogen-bond acceptors (Lipinski definition) is 2. The largest absolute Gasteiger partial charge is 0.574 e. The van der Waals surface area contributed by atoms with Gasteiger partial charge in [0.2, 0.25) is 0 Å². The van der Waals surface area contributed by atoms with Crippen LogP contribution < -0.4 is 10.2 Å². The Morgan fingerprint density at radius 1 is 1.21 bits per heavy atom. The Balaban J connectivity index is 2.64. The summed E-state index contributed by atoms with van der Waals surface area (Å²) in [6, 6.07) is 5.30. The third-order valence-electron chi connectivity index (χ3n) is 1.33. The van der Waals surface area contributed by atoms with Gasteiger partial charge in [0.25, 0.3) is 0 Å². The van der Waals surface area contributed by atoms with Gasteiger partial charge in [-0.05, 0) is 24.3 Å². The van der Waals surface area contributed by atoms with Crippen molar-refractivity contribution in [1.29, 1.82) is 0 Å². The molecule has 0 saturated carbocycles. The molecule has 0 bridgehead atoms. The molecule has 0 aliphatic rings. The van der Waals surface area contributed by atoms with Crippen LogP contribution >= 0.6 is 0 Å². The lowest BCUT2D eigenvalue weighted by Crippen LogP contribution is -2.16. The Kier molecular flexibility index (Phi) is 3.19. The minimum Gasteiger partial charge on any atom is -0.574 e. The quantitative estimate of drug-likeness (QED) is 0.770. The highest BCUT2D eigenvalue weighted by molar-refractivity contribution is 5.47. The van der Waals surface area contributed by atoms with E-state index in [2.05, 4.69) is 15.6 Å². The molecule has 6 heteroatoms. The molecular formula is C8H8F3N2O-. The Morgan fingerprint density at radius 2 is 1.79 bits per heavy atom. The molecule has 78 valence electrons. The first kappa shape index (κ1) is 10.6. The Labute approximate surface area is 78.8 Å². The first-order valence-corrected chi connectivity index (χ1v) is 3.72. The molecule has 1 aromatic rings. The van der Waals surface area contributed by atoms with Gasteiger partial charge in [0.15, 0.2) is 0 Å². The predicted octanol–water partition coefficient (Wildman–Crippen LogP) is 2.92. The van der Waals surface area contributed by atoms with E-state index in [9.17, 15) is 13.2 Å². The zero-order valence-electron chi connectivity index (χ0n) is 7.30. The number of halogens is 3. The van der Waals surface area contributed by atoms with Gasteiger partial charge in [0.05, 0.1) is 0 Å². The third kappa shape index (κ3) is 3.53. The van der Waals surface area contributed by atoms with Gasteiger partial charge < -0.3 is 15.6 Å². The van der Waals surface area contributed by atoms with Crippen LogP contribution in [0.4, 0.5) is 18.9 Å². The molecule has 0 unspecified atom stereocenters. The first-order valence-electron chi connectivity index (χ1n) is 3.72. The zero-order chi connectivity index (χ0) is 10.6. The summed E-state index contributed by atoms with van der Waals surface area (Å²) in [5.41, 5.74) is 6.78. The molecule has 0 amide bonds. The van der Waals surface area contributed by atoms with E-state index in [1.807, 2.05) is 0 Å². The van der Waals surface area contributed by atoms with Crippen molar-refractivity contribution in [3.63, 3.8) is 0 Å². The van der Waals surface area contributed by atoms with Crippen molar-refractivity contribution in [2.24, 2.45) is 0 Å². The second-order valence-corrected chi connectivity index (χ2v) is 2.41. The van der Waals surface area contributed by atoms with Gasteiger partial charge in [0, 0.05) is 5.69 Å². The van der Waals surface area contributed by atoms with Crippen LogP contribution in [-0.2, 0) is 0 Å². The number of ether oxygens (including phenoxy) is 1. The molecule has 1 aromatic carbocycles. The number of alkyl halides is 3. The molecule has 0 spiro atoms. The van der Waals surface area contributed by atoms with Gasteiger partial charge in [0.1, 0.15) is 5.75 Å². The molecule has 1 N–H and O–H groups in total. The van der Waals surface area contributed by atoms with Gasteiger partial charge in [-0.1, -0.05) is 0 Å². The maximum absolute atomic E-state index is 11.7. The van der Waals surface area contributed by atoms with Crippen LogP contribution in [0, 0.1) is 0 Å². The molecule has 0 fully saturated rings. The minimum atomic E-state index is -4.65. The van der Waals surface area contributed by atoms with Gasteiger partial charge in [-0.25, -0.2) is 0 Å². The van der Waals surface area contributed by atoms with Crippen LogP contribution in [0.2, 0.25) is 0 Å². The number of anilines is 1. The monoisotopic (exact) mass is 205 g/mol. The first-order chi connectivity index (χ1) is 6.51. The smallest absolute Gasteiger partial charge is 0.573 e. The molecule has 14 heavy (non-hydrogen) atoms. The van der Waals surface area contributed by atoms with Crippen molar-refractivity contribution in [2.75, 3.05) is 12.5 Å². The van der Waals surface area contributed by atoms with Gasteiger partial charge in [-0.3, -0.25) is 0 Å². The number of nitrogens with one attached hydrogen (secondary N) is 1. The highest BCUT2D eigenvalue weighted by atomic mass is 19.4. The van der Waals surface area contributed by atoms with E-state index >= 15 is 0 Å². The maximum Gasteiger partial charge on any atom is 0.573 e. The summed E-state index contributed by atoms with van der Waals surface area (Å²) in [5, 5.41) is 0. The average molecular weight is 205 g/mol. The van der Waals surface area contributed by atoms with Crippen LogP contribution in [0.3, 0.4) is 0 Å². The number of rotatable bonds is 3. The maximum atomic E-state index is 11.7. The van der Waals surface area contributed by atoms with Gasteiger partial charge in [-0.15, -0.1) is 20.2 Å². The summed E-state index contributed by atoms with van der Waals surface area (Å²) in [6.45, 7) is 0. The molecule has 0 heterocycles. The fourth-order valence-corrected chi connectivity index (χ4v) is 0.860. The van der Waals surface area contributed by atoms with E-state index in [4.69, 9.17) is 0 Å². The molecule has 0 aromatic heterocycles. The molecule has 0 radical (unpaired) electrons. The lowest BCUT2D eigenvalue weighted by molar-refractivity contribution is -0.274. The van der Waals surface area contributed by atoms with Crippen molar-refractivity contribution >= 4 is 5.69 Å². The van der Waals surface area contributed by atoms with Crippen LogP contribution in [0.1, 0.15) is 0 Å². The highest BCUT2D eigenvalue weighted by Crippen LogP contribution is 2.23. The normalized spacial score (nSPS) is 11.1. The summed E-state index contributed by atoms with van der Waals surface area (Å²) in [7, 11) is 1.53. The predicted molar refractivity (Wildman–Crippen MR) is 46.0 cm³/mol. The van der Waals surface area contributed by atoms with E-state index in [0.717, 1.165) is 0 Å². The van der Waals surface area contributed by atoms with E-state index < -0.39 is 6.36 Å². The average Bonchev–Trinajstić information content (AvgIpc) is 2.06. The Morgan fingerprint density at radius 3 is 2.21 bits per heavy atom. The zero-order valence-corrected chi connectivity index (χ0v) is 7.30. The summed E-state index contributed by atoms with van der Waals surface area (Å²) >= 11 is 0. The SMILES string of the molecule is C[N-]Nc1ccc(OC(F)(F)F)cc1. The summed E-state index contributed by atoms with van der Waals surface area (Å²) in [5.74, 6) is -0.251. The van der Waals surface area contributed by atoms with Gasteiger partial charge in [-0.2, -0.15) is 0 Å². The number of nitrogens with zero attached hydrogens (tertiary/aromatic N) is 1. The van der Waals surface area contributed by atoms with E-state index in [-0.39, 0.29) is 5.75 Å². The van der Waals surface area contributed by atoms with Crippen LogP contribution in [0.25, 0.3) is 5.43 Å². The lowest BCUT2D eigenvalue weighted by atomic mass is 10.3. The fraction of sp³-hybridized carbons (Fsp3) is 0.250. The van der Waals surface area contributed by atoms with Crippen molar-refractivity contribution in [2.45, 2.75) is 6.36 Å². The molecule has 0 aliphatic carbocycles. The van der Waals surface area contributed by atoms with Crippen LogP contribution in [0.15, 0.2) is 24.3 Å². The highest BCUT2D eigenvalue weighted by Gasteiger charge is 2.30. The third-order valence-corrected chi connectivity index (χ3v) is 1.33. The van der Waals surface area contributed by atoms with Crippen molar-refractivity contribution in [3.8, 4) is 5.75 Å². The number of benzene rings is 1. The van der Waals surface area contributed by atoms with Gasteiger partial charge >= 0.3 is 6.36 Å². The standard InChI is InChI=1S/C8H8F3N2O/c1-12-13-6-2-4-7(5-3-6)14-8(9,10)11/h2-5,13H,1H3/q-1. The fourth-order valence-electron chi connectivity index (χ4n) is 0.860. The Bertz CT molecular complexity index is 284. The van der Waals surface area contributed by atoms with Crippen LogP contribution in [-0.4, -0.2) is 13.4 Å². The van der Waals surface area contributed by atoms with E-state index in [1.165, 1.54) is 31.3 Å². The van der Waals surface area contributed by atoms with Crippen molar-refractivity contribution < 1.29 is 17.9 Å². The van der Waals surface area contributed by atoms with E-state index in [0.29, 0.717) is 5.69 Å². The van der Waals surface area contributed by atoms with Crippen LogP contribution in [0.5, 0.6) is 5.75 Å². The molecule has 0 saturated heterocycles. The molecule has 0 atom stereocenters. The summed E-state index contributed by atoms with van der Waals surface area (Å²) < 4.78 is 38.9. The Hall–Kier alpha value is -1.43. The topological polar surface area (TPSA) is 35.4 Å². The second kappa shape index (κ2) is 4.19. The van der Waals surface area contributed by atoms with Crippen molar-refractivity contribution in [1.82, 2.24) is 0 Å². The van der Waals surface area contributed by atoms with E-state index in [1.54, 1.807) is 0 Å². The molecule has 1 rings (SSSR count). The minimum absolute atomic E-state index is 0.251. The second-order valence-electron chi connectivity index (χ2n) is 2.41. The van der Waals surface area contributed by atoms with Crippen molar-refractivity contribution in [3.05, 3.63) is 29.7 Å². The molecule has 3 nitrogen and oxygen atoms in total. The number of hydrogen-bond donors (Lipinski definition) is 1.